The van der Waals surface area contributed by atoms with Gasteiger partial charge in [-0.2, -0.15) is 0 Å². The van der Waals surface area contributed by atoms with E-state index in [1.54, 1.807) is 0 Å². The number of hydrogen-bond donors (Lipinski definition) is 5. The van der Waals surface area contributed by atoms with E-state index in [9.17, 15) is 4.79 Å². The van der Waals surface area contributed by atoms with Gasteiger partial charge in [0, 0.05) is 19.6 Å². The number of urea groups is 1. The third-order valence-corrected chi connectivity index (χ3v) is 1.47. The quantitative estimate of drug-likeness (QED) is 0.129. The number of carbonyl (C=O) groups is 1. The molecule has 0 aliphatic carbocycles. The highest BCUT2D eigenvalue weighted by atomic mass is 16.2. The summed E-state index contributed by atoms with van der Waals surface area (Å²) in [6, 6.07) is -0.543. The zero-order valence-electron chi connectivity index (χ0n) is 9.21. The average molecular weight is 216 g/mol. The van der Waals surface area contributed by atoms with Crippen LogP contribution < -0.4 is 27.6 Å². The molecule has 88 valence electrons. The van der Waals surface area contributed by atoms with Gasteiger partial charge in [0.2, 0.25) is 5.96 Å². The molecule has 0 saturated heterocycles. The normalized spacial score (nSPS) is 11.3. The molecule has 0 aliphatic rings. The van der Waals surface area contributed by atoms with Crippen LogP contribution in [-0.2, 0) is 0 Å². The Hall–Kier alpha value is -1.50. The summed E-state index contributed by atoms with van der Waals surface area (Å²) in [5.41, 5.74) is 7.33. The second-order valence-corrected chi connectivity index (χ2v) is 3.45. The number of hydrazine groups is 1. The molecule has 7 heteroatoms. The predicted octanol–water partition coefficient (Wildman–Crippen LogP) is -1.28. The molecule has 0 aliphatic heterocycles. The maximum atomic E-state index is 10.3. The van der Waals surface area contributed by atoms with Crippen molar-refractivity contribution >= 4 is 12.0 Å². The molecule has 0 saturated carbocycles. The van der Waals surface area contributed by atoms with Gasteiger partial charge < -0.3 is 16.4 Å². The van der Waals surface area contributed by atoms with Gasteiger partial charge in [-0.3, -0.25) is 10.4 Å². The van der Waals surface area contributed by atoms with E-state index in [4.69, 9.17) is 11.6 Å². The lowest BCUT2D eigenvalue weighted by Crippen LogP contribution is -2.45. The molecule has 0 aromatic carbocycles. The Morgan fingerprint density at radius 3 is 2.40 bits per heavy atom. The van der Waals surface area contributed by atoms with Crippen molar-refractivity contribution in [2.45, 2.75) is 13.8 Å². The number of nitrogens with zero attached hydrogens (tertiary/aromatic N) is 1. The molecule has 0 heterocycles. The Bertz CT molecular complexity index is 215. The fraction of sp³-hybridized carbons (Fsp3) is 0.750. The second kappa shape index (κ2) is 7.86. The molecular formula is C8H20N6O. The zero-order valence-corrected chi connectivity index (χ0v) is 9.21. The molecular weight excluding hydrogens is 196 g/mol. The molecule has 7 N–H and O–H groups in total. The second-order valence-electron chi connectivity index (χ2n) is 3.45. The Balaban J connectivity index is 3.70. The van der Waals surface area contributed by atoms with Crippen LogP contribution in [0.3, 0.4) is 0 Å². The van der Waals surface area contributed by atoms with E-state index in [0.717, 1.165) is 0 Å². The van der Waals surface area contributed by atoms with Crippen LogP contribution in [0.5, 0.6) is 0 Å². The molecule has 0 aromatic heterocycles. The highest BCUT2D eigenvalue weighted by molar-refractivity contribution is 5.79. The molecule has 0 rings (SSSR count). The average Bonchev–Trinajstić information content (AvgIpc) is 2.16. The first-order chi connectivity index (χ1) is 7.06. The molecule has 0 aromatic rings. The van der Waals surface area contributed by atoms with Gasteiger partial charge >= 0.3 is 6.03 Å². The SMILES string of the molecule is CC(C)CN=C(NN)NCCNC(N)=O. The Kier molecular flexibility index (Phi) is 7.08. The number of primary amides is 1. The number of guanidine groups is 1. The Labute approximate surface area is 89.7 Å². The summed E-state index contributed by atoms with van der Waals surface area (Å²) in [5, 5.41) is 5.37. The minimum atomic E-state index is -0.543. The molecule has 0 radical (unpaired) electrons. The van der Waals surface area contributed by atoms with Gasteiger partial charge in [-0.15, -0.1) is 0 Å². The van der Waals surface area contributed by atoms with Crippen molar-refractivity contribution in [1.29, 1.82) is 0 Å². The maximum Gasteiger partial charge on any atom is 0.312 e. The molecule has 0 fully saturated rings. The first kappa shape index (κ1) is 13.5. The fourth-order valence-electron chi connectivity index (χ4n) is 0.793. The van der Waals surface area contributed by atoms with Gasteiger partial charge in [-0.05, 0) is 5.92 Å². The van der Waals surface area contributed by atoms with Crippen LogP contribution in [-0.4, -0.2) is 31.6 Å². The fourth-order valence-corrected chi connectivity index (χ4v) is 0.793. The monoisotopic (exact) mass is 216 g/mol. The standard InChI is InChI=1S/C8H20N6O/c1-6(2)5-13-8(14-10)12-4-3-11-7(9)15/h6H,3-5,10H2,1-2H3,(H3,9,11,15)(H2,12,13,14). The van der Waals surface area contributed by atoms with Crippen LogP contribution in [0.4, 0.5) is 4.79 Å². The Morgan fingerprint density at radius 2 is 1.93 bits per heavy atom. The number of amides is 2. The highest BCUT2D eigenvalue weighted by Crippen LogP contribution is 1.90. The molecule has 2 amide bonds. The summed E-state index contributed by atoms with van der Waals surface area (Å²) in [6.07, 6.45) is 0. The lowest BCUT2D eigenvalue weighted by molar-refractivity contribution is 0.249. The van der Waals surface area contributed by atoms with E-state index in [2.05, 4.69) is 34.9 Å². The lowest BCUT2D eigenvalue weighted by atomic mass is 10.2. The zero-order chi connectivity index (χ0) is 11.7. The van der Waals surface area contributed by atoms with Crippen molar-refractivity contribution in [3.05, 3.63) is 0 Å². The van der Waals surface area contributed by atoms with Crippen LogP contribution in [0.15, 0.2) is 4.99 Å². The number of aliphatic imine (C=N–C) groups is 1. The summed E-state index contributed by atoms with van der Waals surface area (Å²) in [6.45, 7) is 5.76. The summed E-state index contributed by atoms with van der Waals surface area (Å²) >= 11 is 0. The molecule has 0 atom stereocenters. The number of carbonyl (C=O) groups excluding carboxylic acids is 1. The van der Waals surface area contributed by atoms with Gasteiger partial charge in [0.05, 0.1) is 0 Å². The van der Waals surface area contributed by atoms with Gasteiger partial charge in [0.15, 0.2) is 0 Å². The van der Waals surface area contributed by atoms with Crippen molar-refractivity contribution in [2.75, 3.05) is 19.6 Å². The first-order valence-corrected chi connectivity index (χ1v) is 4.84. The minimum absolute atomic E-state index is 0.428. The van der Waals surface area contributed by atoms with Crippen molar-refractivity contribution in [3.8, 4) is 0 Å². The van der Waals surface area contributed by atoms with E-state index < -0.39 is 6.03 Å². The van der Waals surface area contributed by atoms with E-state index in [1.165, 1.54) is 0 Å². The maximum absolute atomic E-state index is 10.3. The van der Waals surface area contributed by atoms with Crippen molar-refractivity contribution in [3.63, 3.8) is 0 Å². The highest BCUT2D eigenvalue weighted by Gasteiger charge is 1.97. The van der Waals surface area contributed by atoms with E-state index in [0.29, 0.717) is 31.5 Å². The predicted molar refractivity (Wildman–Crippen MR) is 60.1 cm³/mol. The van der Waals surface area contributed by atoms with E-state index >= 15 is 0 Å². The topological polar surface area (TPSA) is 118 Å². The third-order valence-electron chi connectivity index (χ3n) is 1.47. The van der Waals surface area contributed by atoms with Crippen LogP contribution in [0.25, 0.3) is 0 Å². The molecule has 7 nitrogen and oxygen atoms in total. The van der Waals surface area contributed by atoms with Crippen LogP contribution >= 0.6 is 0 Å². The Morgan fingerprint density at radius 1 is 1.33 bits per heavy atom. The summed E-state index contributed by atoms with van der Waals surface area (Å²) in [5.74, 6) is 6.23. The third kappa shape index (κ3) is 8.82. The lowest BCUT2D eigenvalue weighted by Gasteiger charge is -2.09. The number of nitrogens with two attached hydrogens (primary N) is 2. The van der Waals surface area contributed by atoms with Crippen LogP contribution in [0.1, 0.15) is 13.8 Å². The van der Waals surface area contributed by atoms with Crippen LogP contribution in [0, 0.1) is 5.92 Å². The van der Waals surface area contributed by atoms with Gasteiger partial charge in [0.25, 0.3) is 0 Å². The van der Waals surface area contributed by atoms with Crippen molar-refractivity contribution in [1.82, 2.24) is 16.1 Å². The van der Waals surface area contributed by atoms with Gasteiger partial charge in [-0.1, -0.05) is 13.8 Å². The molecule has 0 unspecified atom stereocenters. The van der Waals surface area contributed by atoms with Crippen molar-refractivity contribution < 1.29 is 4.79 Å². The summed E-state index contributed by atoms with van der Waals surface area (Å²) in [7, 11) is 0. The molecule has 0 bridgehead atoms. The van der Waals surface area contributed by atoms with E-state index in [1.807, 2.05) is 0 Å². The van der Waals surface area contributed by atoms with Crippen molar-refractivity contribution in [2.24, 2.45) is 22.5 Å². The smallest absolute Gasteiger partial charge is 0.312 e. The van der Waals surface area contributed by atoms with Crippen LogP contribution in [0.2, 0.25) is 0 Å². The van der Waals surface area contributed by atoms with Gasteiger partial charge in [0.1, 0.15) is 0 Å². The number of nitrogens with one attached hydrogen (secondary N) is 3. The van der Waals surface area contributed by atoms with Gasteiger partial charge in [-0.25, -0.2) is 10.6 Å². The largest absolute Gasteiger partial charge is 0.354 e. The minimum Gasteiger partial charge on any atom is -0.354 e. The molecule has 15 heavy (non-hydrogen) atoms. The number of rotatable bonds is 5. The number of hydrogen-bond acceptors (Lipinski definition) is 3. The summed E-state index contributed by atoms with van der Waals surface area (Å²) in [4.78, 5) is 14.5. The first-order valence-electron chi connectivity index (χ1n) is 4.84. The van der Waals surface area contributed by atoms with E-state index in [-0.39, 0.29) is 0 Å². The summed E-state index contributed by atoms with van der Waals surface area (Å²) < 4.78 is 0. The molecule has 0 spiro atoms.